The highest BCUT2D eigenvalue weighted by molar-refractivity contribution is 5.98. The number of halogens is 4. The van der Waals surface area contributed by atoms with Gasteiger partial charge in [0.2, 0.25) is 5.91 Å². The number of fused-ring (bicyclic) bond motifs is 1. The van der Waals surface area contributed by atoms with Crippen molar-refractivity contribution in [2.24, 2.45) is 5.73 Å². The van der Waals surface area contributed by atoms with E-state index in [1.807, 2.05) is 12.1 Å². The maximum atomic E-state index is 13.6. The number of rotatable bonds is 7. The number of aromatic nitrogens is 1. The number of carbonyl (C=O) groups excluding carboxylic acids is 1. The summed E-state index contributed by atoms with van der Waals surface area (Å²) < 4.78 is 57.5. The number of nitrogens with two attached hydrogens (primary N) is 1. The van der Waals surface area contributed by atoms with Gasteiger partial charge in [-0.15, -0.1) is 0 Å². The molecular weight excluding hydrogens is 450 g/mol. The molecule has 0 spiro atoms. The average molecular weight is 473 g/mol. The molecule has 0 aliphatic carbocycles. The lowest BCUT2D eigenvalue weighted by atomic mass is 9.97. The molecule has 1 amide bonds. The van der Waals surface area contributed by atoms with Crippen LogP contribution in [0, 0.1) is 5.82 Å². The Labute approximate surface area is 194 Å². The number of hydrogen-bond acceptors (Lipinski definition) is 4. The maximum Gasteiger partial charge on any atom is 0.433 e. The highest BCUT2D eigenvalue weighted by atomic mass is 19.4. The van der Waals surface area contributed by atoms with Crippen LogP contribution < -0.4 is 15.4 Å². The van der Waals surface area contributed by atoms with Gasteiger partial charge in [0.05, 0.1) is 12.5 Å². The molecule has 178 valence electrons. The van der Waals surface area contributed by atoms with Crippen LogP contribution in [0.2, 0.25) is 0 Å². The van der Waals surface area contributed by atoms with Gasteiger partial charge in [0, 0.05) is 37.5 Å². The summed E-state index contributed by atoms with van der Waals surface area (Å²) in [6.07, 6.45) is -2.30. The SMILES string of the molecule is NCC(C(=O)N(CCc1ccc(C(F)(F)F)nc1)c1ccc2c(c1)OCC2)c1ccc(F)cc1. The maximum absolute atomic E-state index is 13.6. The van der Waals surface area contributed by atoms with Crippen molar-refractivity contribution in [3.63, 3.8) is 0 Å². The van der Waals surface area contributed by atoms with Crippen molar-refractivity contribution in [1.82, 2.24) is 4.98 Å². The van der Waals surface area contributed by atoms with Crippen molar-refractivity contribution in [1.29, 1.82) is 0 Å². The van der Waals surface area contributed by atoms with E-state index in [-0.39, 0.29) is 25.4 Å². The van der Waals surface area contributed by atoms with Crippen molar-refractivity contribution in [2.75, 3.05) is 24.6 Å². The van der Waals surface area contributed by atoms with Crippen LogP contribution in [0.3, 0.4) is 0 Å². The lowest BCUT2D eigenvalue weighted by Crippen LogP contribution is -2.39. The number of anilines is 1. The zero-order chi connectivity index (χ0) is 24.3. The topological polar surface area (TPSA) is 68.5 Å². The second-order valence-corrected chi connectivity index (χ2v) is 8.02. The summed E-state index contributed by atoms with van der Waals surface area (Å²) in [5, 5.41) is 0. The van der Waals surface area contributed by atoms with E-state index in [0.717, 1.165) is 24.2 Å². The molecule has 34 heavy (non-hydrogen) atoms. The molecule has 2 N–H and O–H groups in total. The summed E-state index contributed by atoms with van der Waals surface area (Å²) in [5.41, 5.74) is 7.71. The van der Waals surface area contributed by atoms with Crippen molar-refractivity contribution in [3.8, 4) is 5.75 Å². The molecule has 3 aromatic rings. The molecule has 4 rings (SSSR count). The predicted octanol–water partition coefficient (Wildman–Crippen LogP) is 4.49. The average Bonchev–Trinajstić information content (AvgIpc) is 3.29. The van der Waals surface area contributed by atoms with Crippen LogP contribution in [0.5, 0.6) is 5.75 Å². The van der Waals surface area contributed by atoms with Gasteiger partial charge < -0.3 is 15.4 Å². The Hall–Kier alpha value is -3.46. The number of ether oxygens (including phenoxy) is 1. The van der Waals surface area contributed by atoms with E-state index in [1.54, 1.807) is 11.0 Å². The summed E-state index contributed by atoms with van der Waals surface area (Å²) in [5.74, 6) is -0.751. The van der Waals surface area contributed by atoms with E-state index in [1.165, 1.54) is 30.3 Å². The molecule has 2 aromatic carbocycles. The van der Waals surface area contributed by atoms with Crippen LogP contribution in [0.4, 0.5) is 23.2 Å². The molecule has 0 saturated carbocycles. The molecule has 5 nitrogen and oxygen atoms in total. The fourth-order valence-electron chi connectivity index (χ4n) is 3.93. The van der Waals surface area contributed by atoms with E-state index in [0.29, 0.717) is 29.2 Å². The van der Waals surface area contributed by atoms with Crippen LogP contribution in [-0.4, -0.2) is 30.6 Å². The van der Waals surface area contributed by atoms with Gasteiger partial charge in [-0.25, -0.2) is 4.39 Å². The summed E-state index contributed by atoms with van der Waals surface area (Å²) >= 11 is 0. The monoisotopic (exact) mass is 473 g/mol. The Morgan fingerprint density at radius 3 is 2.53 bits per heavy atom. The van der Waals surface area contributed by atoms with Crippen molar-refractivity contribution in [2.45, 2.75) is 24.9 Å². The molecule has 0 bridgehead atoms. The standard InChI is InChI=1S/C25H23F4N3O2/c26-19-5-2-17(3-6-19)21(14-30)24(33)32(20-7-4-18-10-12-34-22(18)13-20)11-9-16-1-8-23(31-15-16)25(27,28)29/h1-8,13,15,21H,9-12,14,30H2. The van der Waals surface area contributed by atoms with E-state index >= 15 is 0 Å². The summed E-state index contributed by atoms with van der Waals surface area (Å²) in [7, 11) is 0. The van der Waals surface area contributed by atoms with Crippen LogP contribution in [-0.2, 0) is 23.8 Å². The number of pyridine rings is 1. The Bertz CT molecular complexity index is 1150. The fourth-order valence-corrected chi connectivity index (χ4v) is 3.93. The molecular formula is C25H23F4N3O2. The minimum Gasteiger partial charge on any atom is -0.493 e. The molecule has 0 radical (unpaired) electrons. The van der Waals surface area contributed by atoms with Crippen LogP contribution >= 0.6 is 0 Å². The van der Waals surface area contributed by atoms with E-state index in [4.69, 9.17) is 10.5 Å². The van der Waals surface area contributed by atoms with Crippen LogP contribution in [0.25, 0.3) is 0 Å². The summed E-state index contributed by atoms with van der Waals surface area (Å²) in [4.78, 5) is 18.7. The molecule has 1 aromatic heterocycles. The molecule has 1 aliphatic heterocycles. The van der Waals surface area contributed by atoms with Gasteiger partial charge in [-0.3, -0.25) is 9.78 Å². The van der Waals surface area contributed by atoms with Gasteiger partial charge in [-0.2, -0.15) is 13.2 Å². The van der Waals surface area contributed by atoms with Crippen LogP contribution in [0.1, 0.15) is 28.3 Å². The zero-order valence-corrected chi connectivity index (χ0v) is 18.2. The highest BCUT2D eigenvalue weighted by Gasteiger charge is 2.32. The Morgan fingerprint density at radius 2 is 1.88 bits per heavy atom. The smallest absolute Gasteiger partial charge is 0.433 e. The molecule has 0 fully saturated rings. The summed E-state index contributed by atoms with van der Waals surface area (Å²) in [6.45, 7) is 0.748. The number of amides is 1. The third-order valence-corrected chi connectivity index (χ3v) is 5.80. The first-order valence-electron chi connectivity index (χ1n) is 10.8. The molecule has 1 aliphatic rings. The Kier molecular flexibility index (Phi) is 6.83. The third-order valence-electron chi connectivity index (χ3n) is 5.80. The third kappa shape index (κ3) is 5.20. The quantitative estimate of drug-likeness (QED) is 0.514. The normalized spacial score (nSPS) is 13.8. The van der Waals surface area contributed by atoms with Crippen molar-refractivity contribution >= 4 is 11.6 Å². The van der Waals surface area contributed by atoms with E-state index < -0.39 is 23.6 Å². The highest BCUT2D eigenvalue weighted by Crippen LogP contribution is 2.32. The van der Waals surface area contributed by atoms with Crippen molar-refractivity contribution in [3.05, 3.63) is 89.0 Å². The second-order valence-electron chi connectivity index (χ2n) is 8.02. The first-order valence-corrected chi connectivity index (χ1v) is 10.8. The zero-order valence-electron chi connectivity index (χ0n) is 18.2. The number of alkyl halides is 3. The first-order chi connectivity index (χ1) is 16.3. The van der Waals surface area contributed by atoms with Gasteiger partial charge in [0.1, 0.15) is 17.3 Å². The van der Waals surface area contributed by atoms with Crippen molar-refractivity contribution < 1.29 is 27.1 Å². The van der Waals surface area contributed by atoms with Gasteiger partial charge >= 0.3 is 6.18 Å². The minimum absolute atomic E-state index is 0.00421. The molecule has 1 atom stereocenters. The number of carbonyl (C=O) groups is 1. The molecule has 1 unspecified atom stereocenters. The largest absolute Gasteiger partial charge is 0.493 e. The van der Waals surface area contributed by atoms with Crippen LogP contribution in [0.15, 0.2) is 60.8 Å². The minimum atomic E-state index is -4.52. The van der Waals surface area contributed by atoms with Gasteiger partial charge in [-0.05, 0) is 47.4 Å². The number of nitrogens with zero attached hydrogens (tertiary/aromatic N) is 2. The predicted molar refractivity (Wildman–Crippen MR) is 119 cm³/mol. The lowest BCUT2D eigenvalue weighted by molar-refractivity contribution is -0.141. The molecule has 2 heterocycles. The molecule has 0 saturated heterocycles. The van der Waals surface area contributed by atoms with E-state index in [9.17, 15) is 22.4 Å². The number of hydrogen-bond donors (Lipinski definition) is 1. The Balaban J connectivity index is 1.61. The van der Waals surface area contributed by atoms with Gasteiger partial charge in [0.25, 0.3) is 0 Å². The molecule has 9 heteroatoms. The van der Waals surface area contributed by atoms with Gasteiger partial charge in [0.15, 0.2) is 0 Å². The van der Waals surface area contributed by atoms with E-state index in [2.05, 4.69) is 4.98 Å². The first kappa shape index (κ1) is 23.7. The van der Waals surface area contributed by atoms with Gasteiger partial charge in [-0.1, -0.05) is 24.3 Å². The number of benzene rings is 2. The fraction of sp³-hybridized carbons (Fsp3) is 0.280. The summed E-state index contributed by atoms with van der Waals surface area (Å²) in [6, 6.07) is 13.4. The second kappa shape index (κ2) is 9.80. The Morgan fingerprint density at radius 1 is 1.12 bits per heavy atom. The lowest BCUT2D eigenvalue weighted by Gasteiger charge is -2.28.